The molecule has 1 amide bonds. The number of amides is 1. The number of esters is 1. The lowest BCUT2D eigenvalue weighted by atomic mass is 10.1. The molecule has 4 aromatic rings. The van der Waals surface area contributed by atoms with Crippen molar-refractivity contribution in [1.82, 2.24) is 4.98 Å². The molecular weight excluding hydrogens is 456 g/mol. The lowest BCUT2D eigenvalue weighted by molar-refractivity contribution is -0.113. The molecule has 5 rings (SSSR count). The normalized spacial score (nSPS) is 14.2. The molecule has 0 unspecified atom stereocenters. The summed E-state index contributed by atoms with van der Waals surface area (Å²) in [6.07, 6.45) is 5.17. The number of anilines is 1. The molecule has 1 aliphatic heterocycles. The third-order valence-electron chi connectivity index (χ3n) is 5.76. The Kier molecular flexibility index (Phi) is 6.19. The predicted octanol–water partition coefficient (Wildman–Crippen LogP) is 5.61. The molecule has 0 spiro atoms. The number of nitrogens with zero attached hydrogens (tertiary/aromatic N) is 2. The zero-order chi connectivity index (χ0) is 25.1. The molecule has 2 aromatic carbocycles. The van der Waals surface area contributed by atoms with E-state index in [4.69, 9.17) is 13.9 Å². The van der Waals surface area contributed by atoms with E-state index in [0.717, 1.165) is 16.8 Å². The van der Waals surface area contributed by atoms with E-state index in [1.54, 1.807) is 66.7 Å². The number of rotatable bonds is 6. The number of methoxy groups -OCH3 is 2. The minimum atomic E-state index is -0.399. The Balaban J connectivity index is 1.47. The second kappa shape index (κ2) is 9.76. The van der Waals surface area contributed by atoms with Crippen molar-refractivity contribution < 1.29 is 23.5 Å². The summed E-state index contributed by atoms with van der Waals surface area (Å²) in [7, 11) is 2.89. The van der Waals surface area contributed by atoms with Crippen molar-refractivity contribution in [1.29, 1.82) is 0 Å². The fourth-order valence-electron chi connectivity index (χ4n) is 3.95. The van der Waals surface area contributed by atoms with Crippen LogP contribution in [0.5, 0.6) is 5.88 Å². The van der Waals surface area contributed by atoms with E-state index < -0.39 is 5.97 Å². The third kappa shape index (κ3) is 4.42. The van der Waals surface area contributed by atoms with Crippen LogP contribution in [0.25, 0.3) is 23.1 Å². The second-order valence-electron chi connectivity index (χ2n) is 7.97. The number of furan rings is 1. The first-order chi connectivity index (χ1) is 17.6. The molecule has 0 bridgehead atoms. The Labute approximate surface area is 207 Å². The molecule has 178 valence electrons. The molecule has 3 heterocycles. The number of carbonyl (C=O) groups is 2. The van der Waals surface area contributed by atoms with Gasteiger partial charge in [-0.15, -0.1) is 0 Å². The first-order valence-corrected chi connectivity index (χ1v) is 11.2. The average Bonchev–Trinajstić information content (AvgIpc) is 3.53. The highest BCUT2D eigenvalue weighted by atomic mass is 16.5. The van der Waals surface area contributed by atoms with Crippen LogP contribution in [-0.2, 0) is 9.53 Å². The number of benzene rings is 2. The zero-order valence-corrected chi connectivity index (χ0v) is 19.7. The summed E-state index contributed by atoms with van der Waals surface area (Å²) in [5.41, 5.74) is 4.01. The summed E-state index contributed by atoms with van der Waals surface area (Å²) in [6, 6.07) is 23.8. The molecule has 0 saturated heterocycles. The van der Waals surface area contributed by atoms with Gasteiger partial charge in [-0.1, -0.05) is 42.5 Å². The molecule has 1 aliphatic rings. The lowest BCUT2D eigenvalue weighted by Crippen LogP contribution is -2.25. The van der Waals surface area contributed by atoms with Crippen molar-refractivity contribution in [2.75, 3.05) is 19.1 Å². The van der Waals surface area contributed by atoms with E-state index in [9.17, 15) is 9.59 Å². The first-order valence-electron chi connectivity index (χ1n) is 11.2. The lowest BCUT2D eigenvalue weighted by Gasteiger charge is -2.20. The smallest absolute Gasteiger partial charge is 0.337 e. The fraction of sp³-hybridized carbons (Fsp3) is 0.0690. The molecule has 2 aromatic heterocycles. The van der Waals surface area contributed by atoms with E-state index in [-0.39, 0.29) is 5.91 Å². The van der Waals surface area contributed by atoms with Crippen molar-refractivity contribution in [3.63, 3.8) is 0 Å². The molecule has 0 aliphatic carbocycles. The van der Waals surface area contributed by atoms with Crippen molar-refractivity contribution >= 4 is 29.3 Å². The summed E-state index contributed by atoms with van der Waals surface area (Å²) < 4.78 is 15.9. The van der Waals surface area contributed by atoms with Crippen molar-refractivity contribution in [2.45, 2.75) is 0 Å². The van der Waals surface area contributed by atoms with Crippen LogP contribution < -0.4 is 9.64 Å². The van der Waals surface area contributed by atoms with Crippen LogP contribution in [0.1, 0.15) is 21.7 Å². The van der Waals surface area contributed by atoms with Gasteiger partial charge in [-0.2, -0.15) is 0 Å². The maximum absolute atomic E-state index is 13.5. The summed E-state index contributed by atoms with van der Waals surface area (Å²) in [4.78, 5) is 31.1. The Morgan fingerprint density at radius 1 is 0.917 bits per heavy atom. The molecule has 0 N–H and O–H groups in total. The van der Waals surface area contributed by atoms with E-state index in [2.05, 4.69) is 4.98 Å². The summed E-state index contributed by atoms with van der Waals surface area (Å²) in [6.45, 7) is 0. The van der Waals surface area contributed by atoms with E-state index >= 15 is 0 Å². The highest BCUT2D eigenvalue weighted by molar-refractivity contribution is 6.23. The van der Waals surface area contributed by atoms with Crippen molar-refractivity contribution in [3.8, 4) is 17.2 Å². The van der Waals surface area contributed by atoms with E-state index in [0.29, 0.717) is 34.2 Å². The quantitative estimate of drug-likeness (QED) is 0.265. The minimum absolute atomic E-state index is 0.193. The van der Waals surface area contributed by atoms with Crippen LogP contribution >= 0.6 is 0 Å². The molecule has 0 radical (unpaired) electrons. The molecule has 7 nitrogen and oxygen atoms in total. The fourth-order valence-corrected chi connectivity index (χ4v) is 3.95. The van der Waals surface area contributed by atoms with Gasteiger partial charge in [-0.25, -0.2) is 9.78 Å². The summed E-state index contributed by atoms with van der Waals surface area (Å²) in [5.74, 6) is 1.02. The first kappa shape index (κ1) is 22.9. The Bertz CT molecular complexity index is 1470. The van der Waals surface area contributed by atoms with Gasteiger partial charge in [0.15, 0.2) is 0 Å². The van der Waals surface area contributed by atoms with Crippen LogP contribution in [-0.4, -0.2) is 31.1 Å². The maximum atomic E-state index is 13.5. The van der Waals surface area contributed by atoms with Gasteiger partial charge in [0.05, 0.1) is 37.4 Å². The number of hydrogen-bond acceptors (Lipinski definition) is 6. The van der Waals surface area contributed by atoms with Gasteiger partial charge in [0.1, 0.15) is 11.5 Å². The van der Waals surface area contributed by atoms with Crippen LogP contribution in [0.2, 0.25) is 0 Å². The highest BCUT2D eigenvalue weighted by Gasteiger charge is 2.31. The van der Waals surface area contributed by atoms with Gasteiger partial charge >= 0.3 is 5.97 Å². The SMILES string of the molecule is COC(=O)c1ccc(-c2ccc(/C=C3\C=C(c4ccccc4)N(c4ccc(OC)nc4)C3=O)o2)cc1. The molecule has 36 heavy (non-hydrogen) atoms. The standard InChI is InChI=1S/C29H22N2O5/c1-34-27-15-12-23(18-30-27)31-25(19-6-4-3-5-7-19)17-22(28(31)32)16-24-13-14-26(36-24)20-8-10-21(11-9-20)29(33)35-2/h3-18H,1-2H3/b22-16+. The second-order valence-corrected chi connectivity index (χ2v) is 7.97. The Morgan fingerprint density at radius 3 is 2.36 bits per heavy atom. The summed E-state index contributed by atoms with van der Waals surface area (Å²) >= 11 is 0. The average molecular weight is 479 g/mol. The Morgan fingerprint density at radius 2 is 1.69 bits per heavy atom. The van der Waals surface area contributed by atoms with Gasteiger partial charge in [0, 0.05) is 17.2 Å². The molecule has 0 atom stereocenters. The minimum Gasteiger partial charge on any atom is -0.481 e. The van der Waals surface area contributed by atoms with Crippen LogP contribution in [0.15, 0.2) is 101 Å². The van der Waals surface area contributed by atoms with Crippen LogP contribution in [0.4, 0.5) is 5.69 Å². The molecular formula is C29H22N2O5. The number of aromatic nitrogens is 1. The number of carbonyl (C=O) groups excluding carboxylic acids is 2. The van der Waals surface area contributed by atoms with Gasteiger partial charge in [0.25, 0.3) is 5.91 Å². The van der Waals surface area contributed by atoms with Gasteiger partial charge < -0.3 is 13.9 Å². The van der Waals surface area contributed by atoms with Crippen molar-refractivity contribution in [2.24, 2.45) is 0 Å². The van der Waals surface area contributed by atoms with Gasteiger partial charge in [-0.3, -0.25) is 9.69 Å². The highest BCUT2D eigenvalue weighted by Crippen LogP contribution is 2.35. The van der Waals surface area contributed by atoms with Crippen LogP contribution in [0, 0.1) is 0 Å². The number of hydrogen-bond donors (Lipinski definition) is 0. The third-order valence-corrected chi connectivity index (χ3v) is 5.76. The maximum Gasteiger partial charge on any atom is 0.337 e. The number of pyridine rings is 1. The molecule has 7 heteroatoms. The van der Waals surface area contributed by atoms with Crippen LogP contribution in [0.3, 0.4) is 0 Å². The Hall–Kier alpha value is -4.91. The predicted molar refractivity (Wildman–Crippen MR) is 136 cm³/mol. The largest absolute Gasteiger partial charge is 0.481 e. The topological polar surface area (TPSA) is 81.9 Å². The zero-order valence-electron chi connectivity index (χ0n) is 19.7. The van der Waals surface area contributed by atoms with E-state index in [1.807, 2.05) is 42.5 Å². The monoisotopic (exact) mass is 478 g/mol. The van der Waals surface area contributed by atoms with Crippen molar-refractivity contribution in [3.05, 3.63) is 114 Å². The van der Waals surface area contributed by atoms with Gasteiger partial charge in [-0.05, 0) is 48.0 Å². The number of ether oxygens (including phenoxy) is 2. The molecule has 0 saturated carbocycles. The van der Waals surface area contributed by atoms with E-state index in [1.165, 1.54) is 7.11 Å². The van der Waals surface area contributed by atoms with Gasteiger partial charge in [0.2, 0.25) is 5.88 Å². The summed E-state index contributed by atoms with van der Waals surface area (Å²) in [5, 5.41) is 0. The molecule has 0 fully saturated rings.